The molecule has 1 amide bonds. The first-order chi connectivity index (χ1) is 9.71. The number of nitrogens with zero attached hydrogens (tertiary/aromatic N) is 1. The standard InChI is InChI=1S/C17H33NO2S/c1-17(2,3)21(4,5)20-15-11-9-14(10-12-15)18-13-7-6-8-16(18)19/h14-15H,6-13H2,1-5H3. The van der Waals surface area contributed by atoms with Gasteiger partial charge in [-0.3, -0.25) is 4.79 Å². The zero-order chi connectivity index (χ0) is 15.7. The molecule has 0 N–H and O–H groups in total. The highest BCUT2D eigenvalue weighted by atomic mass is 32.3. The topological polar surface area (TPSA) is 29.5 Å². The van der Waals surface area contributed by atoms with E-state index in [1.807, 2.05) is 0 Å². The summed E-state index contributed by atoms with van der Waals surface area (Å²) in [4.78, 5) is 14.2. The Balaban J connectivity index is 1.84. The molecule has 124 valence electrons. The highest BCUT2D eigenvalue weighted by Gasteiger charge is 2.35. The van der Waals surface area contributed by atoms with Crippen molar-refractivity contribution in [2.75, 3.05) is 19.1 Å². The minimum atomic E-state index is -1.03. The van der Waals surface area contributed by atoms with Gasteiger partial charge < -0.3 is 9.08 Å². The van der Waals surface area contributed by atoms with E-state index in [0.717, 1.165) is 45.1 Å². The van der Waals surface area contributed by atoms with Crippen molar-refractivity contribution < 1.29 is 8.98 Å². The molecule has 0 aromatic heterocycles. The van der Waals surface area contributed by atoms with Crippen molar-refractivity contribution in [2.24, 2.45) is 0 Å². The fraction of sp³-hybridized carbons (Fsp3) is 0.941. The Morgan fingerprint density at radius 3 is 2.24 bits per heavy atom. The number of hydrogen-bond acceptors (Lipinski definition) is 2. The second kappa shape index (κ2) is 6.49. The van der Waals surface area contributed by atoms with Crippen LogP contribution in [0.25, 0.3) is 0 Å². The fourth-order valence-corrected chi connectivity index (χ4v) is 4.31. The van der Waals surface area contributed by atoms with Crippen molar-refractivity contribution in [1.82, 2.24) is 4.90 Å². The number of likely N-dealkylation sites (tertiary alicyclic amines) is 1. The lowest BCUT2D eigenvalue weighted by Crippen LogP contribution is -2.45. The van der Waals surface area contributed by atoms with Crippen LogP contribution < -0.4 is 0 Å². The first kappa shape index (κ1) is 17.1. The molecule has 0 radical (unpaired) electrons. The SMILES string of the molecule is CC(C)(C)S(C)(C)OC1CCC(N2CCCCC2=O)CC1. The zero-order valence-corrected chi connectivity index (χ0v) is 15.3. The average Bonchev–Trinajstić information content (AvgIpc) is 2.39. The van der Waals surface area contributed by atoms with Crippen LogP contribution in [0.5, 0.6) is 0 Å². The molecule has 0 bridgehead atoms. The summed E-state index contributed by atoms with van der Waals surface area (Å²) in [7, 11) is -1.03. The number of carbonyl (C=O) groups excluding carboxylic acids is 1. The molecule has 0 unspecified atom stereocenters. The van der Waals surface area contributed by atoms with Crippen LogP contribution in [0, 0.1) is 0 Å². The van der Waals surface area contributed by atoms with E-state index in [1.165, 1.54) is 6.42 Å². The van der Waals surface area contributed by atoms with Gasteiger partial charge in [0.25, 0.3) is 0 Å². The van der Waals surface area contributed by atoms with E-state index < -0.39 is 10.3 Å². The maximum atomic E-state index is 12.0. The third kappa shape index (κ3) is 4.16. The molecule has 0 aromatic carbocycles. The highest BCUT2D eigenvalue weighted by Crippen LogP contribution is 2.55. The van der Waals surface area contributed by atoms with Crippen LogP contribution in [0.4, 0.5) is 0 Å². The molecule has 2 rings (SSSR count). The minimum absolute atomic E-state index is 0.229. The molecule has 2 fully saturated rings. The summed E-state index contributed by atoms with van der Waals surface area (Å²) in [5.41, 5.74) is 0. The monoisotopic (exact) mass is 315 g/mol. The Bertz CT molecular complexity index is 367. The van der Waals surface area contributed by atoms with E-state index in [2.05, 4.69) is 38.2 Å². The normalized spacial score (nSPS) is 29.6. The molecule has 0 spiro atoms. The highest BCUT2D eigenvalue weighted by molar-refractivity contribution is 8.29. The van der Waals surface area contributed by atoms with Crippen molar-refractivity contribution in [1.29, 1.82) is 0 Å². The van der Waals surface area contributed by atoms with Crippen LogP contribution in [-0.4, -0.2) is 46.8 Å². The molecule has 0 aromatic rings. The van der Waals surface area contributed by atoms with Crippen LogP contribution in [0.15, 0.2) is 0 Å². The Morgan fingerprint density at radius 1 is 1.10 bits per heavy atom. The largest absolute Gasteiger partial charge is 0.340 e. The predicted molar refractivity (Wildman–Crippen MR) is 91.9 cm³/mol. The summed E-state index contributed by atoms with van der Waals surface area (Å²) in [6.07, 6.45) is 12.5. The van der Waals surface area contributed by atoms with Crippen LogP contribution in [-0.2, 0) is 8.98 Å². The molecule has 0 atom stereocenters. The van der Waals surface area contributed by atoms with Gasteiger partial charge in [-0.1, -0.05) is 20.8 Å². The third-order valence-electron chi connectivity index (χ3n) is 5.30. The summed E-state index contributed by atoms with van der Waals surface area (Å²) in [5.74, 6) is 0.381. The van der Waals surface area contributed by atoms with Crippen molar-refractivity contribution >= 4 is 16.2 Å². The molecular formula is C17H33NO2S. The van der Waals surface area contributed by atoms with Gasteiger partial charge in [0.2, 0.25) is 5.91 Å². The third-order valence-corrected chi connectivity index (χ3v) is 9.00. The van der Waals surface area contributed by atoms with E-state index >= 15 is 0 Å². The van der Waals surface area contributed by atoms with Gasteiger partial charge in [0.1, 0.15) is 0 Å². The first-order valence-corrected chi connectivity index (χ1v) is 10.8. The van der Waals surface area contributed by atoms with Gasteiger partial charge in [-0.25, -0.2) is 0 Å². The van der Waals surface area contributed by atoms with Gasteiger partial charge in [-0.2, -0.15) is 0 Å². The van der Waals surface area contributed by atoms with Gasteiger partial charge in [0.15, 0.2) is 0 Å². The Hall–Kier alpha value is -0.220. The van der Waals surface area contributed by atoms with Gasteiger partial charge in [0.05, 0.1) is 6.10 Å². The number of piperidine rings is 1. The number of amides is 1. The molecule has 1 saturated heterocycles. The van der Waals surface area contributed by atoms with Gasteiger partial charge >= 0.3 is 0 Å². The Morgan fingerprint density at radius 2 is 1.71 bits per heavy atom. The van der Waals surface area contributed by atoms with E-state index in [4.69, 9.17) is 4.18 Å². The van der Waals surface area contributed by atoms with Crippen molar-refractivity contribution in [3.63, 3.8) is 0 Å². The second-order valence-electron chi connectivity index (χ2n) is 7.92. The van der Waals surface area contributed by atoms with Crippen molar-refractivity contribution in [3.05, 3.63) is 0 Å². The molecule has 2 aliphatic rings. The maximum Gasteiger partial charge on any atom is 0.222 e. The fourth-order valence-electron chi connectivity index (χ4n) is 3.15. The van der Waals surface area contributed by atoms with E-state index in [-0.39, 0.29) is 4.75 Å². The Labute approximate surface area is 132 Å². The summed E-state index contributed by atoms with van der Waals surface area (Å²) in [5, 5.41) is 0. The molecule has 1 aliphatic carbocycles. The summed E-state index contributed by atoms with van der Waals surface area (Å²) in [6, 6.07) is 0.477. The molecule has 1 saturated carbocycles. The minimum Gasteiger partial charge on any atom is -0.340 e. The van der Waals surface area contributed by atoms with Crippen molar-refractivity contribution in [2.45, 2.75) is 82.6 Å². The summed E-state index contributed by atoms with van der Waals surface area (Å²) < 4.78 is 6.71. The van der Waals surface area contributed by atoms with E-state index in [1.54, 1.807) is 0 Å². The van der Waals surface area contributed by atoms with Crippen LogP contribution in [0.2, 0.25) is 0 Å². The maximum absolute atomic E-state index is 12.0. The molecule has 3 nitrogen and oxygen atoms in total. The predicted octanol–water partition coefficient (Wildman–Crippen LogP) is 4.10. The lowest BCUT2D eigenvalue weighted by molar-refractivity contribution is -0.136. The van der Waals surface area contributed by atoms with Crippen LogP contribution in [0.3, 0.4) is 0 Å². The van der Waals surface area contributed by atoms with E-state index in [9.17, 15) is 4.79 Å². The van der Waals surface area contributed by atoms with E-state index in [0.29, 0.717) is 18.1 Å². The zero-order valence-electron chi connectivity index (χ0n) is 14.5. The smallest absolute Gasteiger partial charge is 0.222 e. The number of rotatable bonds is 3. The lowest BCUT2D eigenvalue weighted by Gasteiger charge is -2.47. The second-order valence-corrected chi connectivity index (χ2v) is 11.8. The number of hydrogen-bond donors (Lipinski definition) is 0. The molecule has 1 heterocycles. The van der Waals surface area contributed by atoms with Crippen LogP contribution >= 0.6 is 10.3 Å². The molecule has 1 aliphatic heterocycles. The molecule has 4 heteroatoms. The first-order valence-electron chi connectivity index (χ1n) is 8.41. The molecule has 21 heavy (non-hydrogen) atoms. The van der Waals surface area contributed by atoms with Crippen LogP contribution in [0.1, 0.15) is 65.7 Å². The van der Waals surface area contributed by atoms with Gasteiger partial charge in [-0.15, -0.1) is 10.3 Å². The quantitative estimate of drug-likeness (QED) is 0.784. The summed E-state index contributed by atoms with van der Waals surface area (Å²) >= 11 is 0. The molecular weight excluding hydrogens is 282 g/mol. The summed E-state index contributed by atoms with van der Waals surface area (Å²) in [6.45, 7) is 7.81. The number of carbonyl (C=O) groups is 1. The van der Waals surface area contributed by atoms with Gasteiger partial charge in [-0.05, 0) is 51.0 Å². The average molecular weight is 316 g/mol. The van der Waals surface area contributed by atoms with Gasteiger partial charge in [0, 0.05) is 23.8 Å². The lowest BCUT2D eigenvalue weighted by atomic mass is 9.91. The van der Waals surface area contributed by atoms with Crippen molar-refractivity contribution in [3.8, 4) is 0 Å². The Kier molecular flexibility index (Phi) is 5.30.